The van der Waals surface area contributed by atoms with Crippen LogP contribution in [0.5, 0.6) is 0 Å². The average molecular weight is 320 g/mol. The first kappa shape index (κ1) is 17.3. The van der Waals surface area contributed by atoms with E-state index in [-0.39, 0.29) is 6.61 Å². The van der Waals surface area contributed by atoms with Crippen LogP contribution in [0.25, 0.3) is 0 Å². The second kappa shape index (κ2) is 6.58. The number of nitrogens with two attached hydrogens (primary N) is 1. The van der Waals surface area contributed by atoms with Crippen molar-refractivity contribution in [3.63, 3.8) is 0 Å². The lowest BCUT2D eigenvalue weighted by Gasteiger charge is -2.34. The van der Waals surface area contributed by atoms with Crippen molar-refractivity contribution in [3.05, 3.63) is 35.9 Å². The number of hydrogen-bond donors (Lipinski definition) is 1. The monoisotopic (exact) mass is 320 g/mol. The van der Waals surface area contributed by atoms with Crippen molar-refractivity contribution in [2.24, 2.45) is 5.73 Å². The molecule has 2 rings (SSSR count). The molecule has 6 heteroatoms. The molecule has 6 nitrogen and oxygen atoms in total. The highest BCUT2D eigenvalue weighted by Crippen LogP contribution is 2.28. The second-order valence-corrected chi connectivity index (χ2v) is 6.72. The van der Waals surface area contributed by atoms with Gasteiger partial charge in [-0.3, -0.25) is 10.6 Å². The molecule has 1 unspecified atom stereocenters. The van der Waals surface area contributed by atoms with Crippen molar-refractivity contribution in [2.45, 2.75) is 51.5 Å². The number of carbonyl (C=O) groups excluding carboxylic acids is 2. The van der Waals surface area contributed by atoms with Crippen LogP contribution < -0.4 is 5.73 Å². The summed E-state index contributed by atoms with van der Waals surface area (Å²) in [6.07, 6.45) is 0.401. The molecule has 0 spiro atoms. The summed E-state index contributed by atoms with van der Waals surface area (Å²) < 4.78 is 10.6. The van der Waals surface area contributed by atoms with Crippen LogP contribution in [0.4, 0.5) is 4.79 Å². The second-order valence-electron chi connectivity index (χ2n) is 6.72. The van der Waals surface area contributed by atoms with Crippen molar-refractivity contribution in [2.75, 3.05) is 6.54 Å². The van der Waals surface area contributed by atoms with Crippen molar-refractivity contribution in [1.82, 2.24) is 4.90 Å². The van der Waals surface area contributed by atoms with Crippen LogP contribution in [0, 0.1) is 0 Å². The van der Waals surface area contributed by atoms with Gasteiger partial charge in [-0.25, -0.2) is 9.59 Å². The number of nitrogens with zero attached hydrogens (tertiary/aromatic N) is 1. The molecule has 1 aromatic rings. The predicted octanol–water partition coefficient (Wildman–Crippen LogP) is 2.42. The van der Waals surface area contributed by atoms with Crippen LogP contribution in [0.15, 0.2) is 30.3 Å². The largest absolute Gasteiger partial charge is 0.457 e. The standard InChI is InChI=1S/C17H24N2O4/c1-16(2,3)23-14(20)17(18)10-7-11-19(17)15(21)22-12-13-8-5-4-6-9-13/h4-6,8-9H,7,10-12,18H2,1-3H3. The molecule has 1 aromatic carbocycles. The van der Waals surface area contributed by atoms with Crippen molar-refractivity contribution < 1.29 is 19.1 Å². The highest BCUT2D eigenvalue weighted by atomic mass is 16.6. The molecule has 1 aliphatic rings. The molecule has 1 atom stereocenters. The lowest BCUT2D eigenvalue weighted by Crippen LogP contribution is -2.61. The molecule has 1 fully saturated rings. The molecule has 1 amide bonds. The van der Waals surface area contributed by atoms with E-state index in [1.54, 1.807) is 20.8 Å². The first-order chi connectivity index (χ1) is 10.7. The number of ether oxygens (including phenoxy) is 2. The summed E-state index contributed by atoms with van der Waals surface area (Å²) in [6, 6.07) is 9.35. The first-order valence-electron chi connectivity index (χ1n) is 7.73. The zero-order valence-electron chi connectivity index (χ0n) is 13.9. The number of esters is 1. The van der Waals surface area contributed by atoms with Crippen LogP contribution in [-0.2, 0) is 20.9 Å². The van der Waals surface area contributed by atoms with Gasteiger partial charge in [-0.15, -0.1) is 0 Å². The van der Waals surface area contributed by atoms with Gasteiger partial charge in [0.05, 0.1) is 0 Å². The Hall–Kier alpha value is -2.08. The van der Waals surface area contributed by atoms with Gasteiger partial charge < -0.3 is 9.47 Å². The molecular weight excluding hydrogens is 296 g/mol. The van der Waals surface area contributed by atoms with E-state index in [0.717, 1.165) is 5.56 Å². The van der Waals surface area contributed by atoms with E-state index in [1.807, 2.05) is 30.3 Å². The third-order valence-corrected chi connectivity index (χ3v) is 3.60. The normalized spacial score (nSPS) is 21.1. The SMILES string of the molecule is CC(C)(C)OC(=O)C1(N)CCCN1C(=O)OCc1ccccc1. The van der Waals surface area contributed by atoms with E-state index >= 15 is 0 Å². The minimum Gasteiger partial charge on any atom is -0.457 e. The zero-order valence-corrected chi connectivity index (χ0v) is 13.9. The Morgan fingerprint density at radius 1 is 1.26 bits per heavy atom. The highest BCUT2D eigenvalue weighted by Gasteiger charge is 2.49. The van der Waals surface area contributed by atoms with Crippen LogP contribution in [0.1, 0.15) is 39.2 Å². The van der Waals surface area contributed by atoms with Crippen LogP contribution in [-0.4, -0.2) is 34.8 Å². The zero-order chi connectivity index (χ0) is 17.1. The molecule has 0 aromatic heterocycles. The van der Waals surface area contributed by atoms with Gasteiger partial charge in [0.25, 0.3) is 0 Å². The number of amides is 1. The van der Waals surface area contributed by atoms with E-state index in [4.69, 9.17) is 15.2 Å². The third kappa shape index (κ3) is 4.22. The molecule has 1 aliphatic heterocycles. The topological polar surface area (TPSA) is 81.9 Å². The highest BCUT2D eigenvalue weighted by molar-refractivity contribution is 5.86. The smallest absolute Gasteiger partial charge is 0.412 e. The number of hydrogen-bond acceptors (Lipinski definition) is 5. The molecule has 126 valence electrons. The van der Waals surface area contributed by atoms with Gasteiger partial charge in [0.2, 0.25) is 0 Å². The van der Waals surface area contributed by atoms with Gasteiger partial charge in [0.15, 0.2) is 5.66 Å². The fraction of sp³-hybridized carbons (Fsp3) is 0.529. The Bertz CT molecular complexity index is 568. The van der Waals surface area contributed by atoms with Crippen LogP contribution in [0.2, 0.25) is 0 Å². The Balaban J connectivity index is 2.02. The van der Waals surface area contributed by atoms with E-state index in [0.29, 0.717) is 19.4 Å². The summed E-state index contributed by atoms with van der Waals surface area (Å²) in [5.41, 5.74) is 4.93. The van der Waals surface area contributed by atoms with Gasteiger partial charge in [0.1, 0.15) is 12.2 Å². The molecule has 2 N–H and O–H groups in total. The van der Waals surface area contributed by atoms with Gasteiger partial charge in [-0.2, -0.15) is 0 Å². The maximum absolute atomic E-state index is 12.4. The maximum Gasteiger partial charge on any atom is 0.412 e. The third-order valence-electron chi connectivity index (χ3n) is 3.60. The number of rotatable bonds is 3. The molecule has 0 saturated carbocycles. The molecule has 1 saturated heterocycles. The first-order valence-corrected chi connectivity index (χ1v) is 7.73. The van der Waals surface area contributed by atoms with Gasteiger partial charge in [-0.05, 0) is 39.2 Å². The maximum atomic E-state index is 12.4. The molecule has 23 heavy (non-hydrogen) atoms. The summed E-state index contributed by atoms with van der Waals surface area (Å²) in [4.78, 5) is 26.0. The van der Waals surface area contributed by atoms with Crippen LogP contribution in [0.3, 0.4) is 0 Å². The summed E-state index contributed by atoms with van der Waals surface area (Å²) >= 11 is 0. The van der Waals surface area contributed by atoms with Crippen molar-refractivity contribution in [1.29, 1.82) is 0 Å². The molecule has 0 aliphatic carbocycles. The fourth-order valence-electron chi connectivity index (χ4n) is 2.47. The predicted molar refractivity (Wildman–Crippen MR) is 85.3 cm³/mol. The lowest BCUT2D eigenvalue weighted by atomic mass is 10.1. The molecule has 1 heterocycles. The quantitative estimate of drug-likeness (QED) is 0.865. The minimum atomic E-state index is -1.46. The summed E-state index contributed by atoms with van der Waals surface area (Å²) in [7, 11) is 0. The summed E-state index contributed by atoms with van der Waals surface area (Å²) in [6.45, 7) is 5.81. The number of carbonyl (C=O) groups is 2. The Morgan fingerprint density at radius 2 is 1.91 bits per heavy atom. The molecule has 0 bridgehead atoms. The van der Waals surface area contributed by atoms with Crippen molar-refractivity contribution in [3.8, 4) is 0 Å². The van der Waals surface area contributed by atoms with E-state index in [1.165, 1.54) is 4.90 Å². The molecular formula is C17H24N2O4. The lowest BCUT2D eigenvalue weighted by molar-refractivity contribution is -0.167. The van der Waals surface area contributed by atoms with E-state index in [9.17, 15) is 9.59 Å². The number of benzene rings is 1. The fourth-order valence-corrected chi connectivity index (χ4v) is 2.47. The van der Waals surface area contributed by atoms with Crippen LogP contribution >= 0.6 is 0 Å². The van der Waals surface area contributed by atoms with E-state index in [2.05, 4.69) is 0 Å². The van der Waals surface area contributed by atoms with E-state index < -0.39 is 23.3 Å². The summed E-state index contributed by atoms with van der Waals surface area (Å²) in [5.74, 6) is -0.598. The molecule has 0 radical (unpaired) electrons. The summed E-state index contributed by atoms with van der Waals surface area (Å²) in [5, 5.41) is 0. The van der Waals surface area contributed by atoms with Gasteiger partial charge in [-0.1, -0.05) is 30.3 Å². The van der Waals surface area contributed by atoms with Gasteiger partial charge in [0, 0.05) is 6.54 Å². The van der Waals surface area contributed by atoms with Crippen molar-refractivity contribution >= 4 is 12.1 Å². The average Bonchev–Trinajstić information content (AvgIpc) is 2.87. The number of likely N-dealkylation sites (tertiary alicyclic amines) is 1. The Morgan fingerprint density at radius 3 is 2.52 bits per heavy atom. The Kier molecular flexibility index (Phi) is 4.94. The van der Waals surface area contributed by atoms with Gasteiger partial charge >= 0.3 is 12.1 Å². The Labute approximate surface area is 136 Å². The minimum absolute atomic E-state index is 0.139.